The number of imidazole rings is 1. The van der Waals surface area contributed by atoms with Crippen molar-refractivity contribution >= 4 is 44.7 Å². The fourth-order valence-electron chi connectivity index (χ4n) is 4.65. The molecule has 0 bridgehead atoms. The number of hydrogen-bond donors (Lipinski definition) is 4. The lowest BCUT2D eigenvalue weighted by Crippen LogP contribution is -2.18. The van der Waals surface area contributed by atoms with Gasteiger partial charge in [-0.15, -0.1) is 11.3 Å². The number of aliphatic hydroxyl groups is 1. The molecular formula is C29H26FN7O2S. The molecule has 0 spiro atoms. The highest BCUT2D eigenvalue weighted by Crippen LogP contribution is 2.35. The van der Waals surface area contributed by atoms with Gasteiger partial charge in [0.05, 0.1) is 27.2 Å². The number of halogens is 1. The Balaban J connectivity index is 1.39. The minimum atomic E-state index is -0.688. The zero-order valence-corrected chi connectivity index (χ0v) is 22.6. The lowest BCUT2D eigenvalue weighted by molar-refractivity contribution is 0.102. The summed E-state index contributed by atoms with van der Waals surface area (Å²) in [5.74, 6) is 0.00138. The minimum Gasteiger partial charge on any atom is -0.374 e. The van der Waals surface area contributed by atoms with Crippen LogP contribution in [-0.4, -0.2) is 47.3 Å². The molecule has 0 aliphatic rings. The summed E-state index contributed by atoms with van der Waals surface area (Å²) in [7, 11) is 0. The Kier molecular flexibility index (Phi) is 6.82. The third-order valence-electron chi connectivity index (χ3n) is 6.67. The van der Waals surface area contributed by atoms with Crippen molar-refractivity contribution in [3.8, 4) is 33.2 Å². The number of unbranched alkanes of at least 4 members (excludes halogenated alkanes) is 1. The number of aromatic amines is 2. The average molecular weight is 556 g/mol. The van der Waals surface area contributed by atoms with Gasteiger partial charge in [-0.3, -0.25) is 19.9 Å². The van der Waals surface area contributed by atoms with E-state index in [1.165, 1.54) is 24.3 Å². The summed E-state index contributed by atoms with van der Waals surface area (Å²) in [6.45, 7) is 3.60. The van der Waals surface area contributed by atoms with Crippen molar-refractivity contribution in [2.24, 2.45) is 0 Å². The molecule has 202 valence electrons. The summed E-state index contributed by atoms with van der Waals surface area (Å²) in [5.41, 5.74) is 4.72. The molecular weight excluding hydrogens is 529 g/mol. The molecule has 9 nitrogen and oxygen atoms in total. The SMILES string of the molecule is CCCCC(O)Nc1cncc(-c2cc(F)c3n[nH]c(-c4nc5c(-c6ccc(C(C)=O)s6)nccc5[nH]4)c3c2)c1. The maximum absolute atomic E-state index is 15.2. The summed E-state index contributed by atoms with van der Waals surface area (Å²) >= 11 is 1.37. The second kappa shape index (κ2) is 10.6. The van der Waals surface area contributed by atoms with E-state index in [9.17, 15) is 9.90 Å². The second-order valence-corrected chi connectivity index (χ2v) is 10.7. The molecule has 1 unspecified atom stereocenters. The standard InChI is InChI=1S/C29H26FN7O2S/c1-3-4-5-24(39)33-18-10-17(13-31-14-18)16-11-19-25(20(30)12-16)36-37-26(19)29-34-21-8-9-32-28(27(21)35-29)23-7-6-22(40-23)15(2)38/h6-14,24,33,39H,3-5H2,1-2H3,(H,34,35)(H,36,37). The van der Waals surface area contributed by atoms with Gasteiger partial charge < -0.3 is 15.4 Å². The Bertz CT molecular complexity index is 1860. The first kappa shape index (κ1) is 25.8. The van der Waals surface area contributed by atoms with Crippen molar-refractivity contribution in [2.75, 3.05) is 5.32 Å². The van der Waals surface area contributed by atoms with Crippen LogP contribution in [0.15, 0.2) is 55.0 Å². The smallest absolute Gasteiger partial charge is 0.169 e. The van der Waals surface area contributed by atoms with E-state index in [-0.39, 0.29) is 11.3 Å². The first-order chi connectivity index (χ1) is 19.4. The second-order valence-electron chi connectivity index (χ2n) is 9.58. The molecule has 11 heteroatoms. The fraction of sp³-hybridized carbons (Fsp3) is 0.207. The number of ketones is 1. The predicted octanol–water partition coefficient (Wildman–Crippen LogP) is 6.55. The van der Waals surface area contributed by atoms with Crippen molar-refractivity contribution in [2.45, 2.75) is 39.3 Å². The Labute approximate surface area is 232 Å². The van der Waals surface area contributed by atoms with Crippen LogP contribution in [0.25, 0.3) is 55.2 Å². The van der Waals surface area contributed by atoms with Gasteiger partial charge in [-0.1, -0.05) is 13.3 Å². The topological polar surface area (TPSA) is 132 Å². The van der Waals surface area contributed by atoms with Crippen LogP contribution in [0.2, 0.25) is 0 Å². The number of rotatable bonds is 9. The molecule has 1 atom stereocenters. The van der Waals surface area contributed by atoms with Crippen LogP contribution in [0.5, 0.6) is 0 Å². The molecule has 4 N–H and O–H groups in total. The van der Waals surface area contributed by atoms with Crippen molar-refractivity contribution in [1.29, 1.82) is 0 Å². The number of anilines is 1. The van der Waals surface area contributed by atoms with E-state index in [2.05, 4.69) is 37.4 Å². The zero-order chi connectivity index (χ0) is 27.8. The highest BCUT2D eigenvalue weighted by molar-refractivity contribution is 7.17. The van der Waals surface area contributed by atoms with Crippen molar-refractivity contribution in [3.63, 3.8) is 0 Å². The number of benzene rings is 1. The zero-order valence-electron chi connectivity index (χ0n) is 21.8. The van der Waals surface area contributed by atoms with Crippen LogP contribution < -0.4 is 5.32 Å². The van der Waals surface area contributed by atoms with Gasteiger partial charge in [0.2, 0.25) is 0 Å². The van der Waals surface area contributed by atoms with Crippen molar-refractivity contribution in [3.05, 3.63) is 65.7 Å². The third kappa shape index (κ3) is 4.85. The number of fused-ring (bicyclic) bond motifs is 2. The van der Waals surface area contributed by atoms with E-state index in [4.69, 9.17) is 4.98 Å². The van der Waals surface area contributed by atoms with Gasteiger partial charge in [0.15, 0.2) is 17.4 Å². The predicted molar refractivity (Wildman–Crippen MR) is 155 cm³/mol. The Morgan fingerprint density at radius 3 is 2.83 bits per heavy atom. The number of nitrogens with one attached hydrogen (secondary N) is 3. The van der Waals surface area contributed by atoms with Crippen LogP contribution in [-0.2, 0) is 0 Å². The monoisotopic (exact) mass is 555 g/mol. The summed E-state index contributed by atoms with van der Waals surface area (Å²) < 4.78 is 15.2. The molecule has 0 aliphatic heterocycles. The number of hydrogen-bond acceptors (Lipinski definition) is 8. The lowest BCUT2D eigenvalue weighted by atomic mass is 10.0. The summed E-state index contributed by atoms with van der Waals surface area (Å²) in [4.78, 5) is 30.2. The average Bonchev–Trinajstić information content (AvgIpc) is 3.70. The Morgan fingerprint density at radius 1 is 1.15 bits per heavy atom. The molecule has 0 amide bonds. The number of aromatic nitrogens is 6. The van der Waals surface area contributed by atoms with E-state index in [0.717, 1.165) is 23.2 Å². The molecule has 0 fully saturated rings. The lowest BCUT2D eigenvalue weighted by Gasteiger charge is -2.14. The first-order valence-electron chi connectivity index (χ1n) is 12.9. The highest BCUT2D eigenvalue weighted by atomic mass is 32.1. The van der Waals surface area contributed by atoms with Gasteiger partial charge in [-0.05, 0) is 61.7 Å². The fourth-order valence-corrected chi connectivity index (χ4v) is 5.55. The normalized spacial score (nSPS) is 12.3. The van der Waals surface area contributed by atoms with Crippen LogP contribution in [0, 0.1) is 5.82 Å². The van der Waals surface area contributed by atoms with Crippen LogP contribution in [0.4, 0.5) is 10.1 Å². The van der Waals surface area contributed by atoms with Gasteiger partial charge in [-0.2, -0.15) is 5.10 Å². The summed E-state index contributed by atoms with van der Waals surface area (Å²) in [6, 6.07) is 10.6. The maximum atomic E-state index is 15.2. The van der Waals surface area contributed by atoms with Gasteiger partial charge in [0, 0.05) is 23.3 Å². The largest absolute Gasteiger partial charge is 0.374 e. The molecule has 1 aromatic carbocycles. The minimum absolute atomic E-state index is 0.00269. The van der Waals surface area contributed by atoms with Crippen molar-refractivity contribution in [1.82, 2.24) is 30.1 Å². The molecule has 5 aromatic heterocycles. The van der Waals surface area contributed by atoms with Gasteiger partial charge in [0.1, 0.15) is 28.6 Å². The summed E-state index contributed by atoms with van der Waals surface area (Å²) in [5, 5.41) is 21.0. The van der Waals surface area contributed by atoms with Crippen molar-refractivity contribution < 1.29 is 14.3 Å². The number of nitrogens with zero attached hydrogens (tertiary/aromatic N) is 4. The quantitative estimate of drug-likeness (QED) is 0.117. The highest BCUT2D eigenvalue weighted by Gasteiger charge is 2.19. The number of Topliss-reactive ketones (excluding diaryl/α,β-unsaturated/α-hetero) is 1. The molecule has 6 rings (SSSR count). The van der Waals surface area contributed by atoms with Gasteiger partial charge in [-0.25, -0.2) is 9.37 Å². The number of carbonyl (C=O) groups excluding carboxylic acids is 1. The molecule has 0 saturated heterocycles. The molecule has 5 heterocycles. The van der Waals surface area contributed by atoms with E-state index in [1.54, 1.807) is 24.7 Å². The molecule has 0 saturated carbocycles. The number of aliphatic hydroxyl groups excluding tert-OH is 1. The molecule has 40 heavy (non-hydrogen) atoms. The Hall–Kier alpha value is -4.48. The molecule has 6 aromatic rings. The van der Waals surface area contributed by atoms with Crippen LogP contribution in [0.1, 0.15) is 42.8 Å². The number of H-pyrrole nitrogens is 2. The molecule has 0 radical (unpaired) electrons. The van der Waals surface area contributed by atoms with Crippen LogP contribution in [0.3, 0.4) is 0 Å². The van der Waals surface area contributed by atoms with E-state index >= 15 is 4.39 Å². The van der Waals surface area contributed by atoms with Gasteiger partial charge >= 0.3 is 0 Å². The number of pyridine rings is 2. The van der Waals surface area contributed by atoms with E-state index in [1.807, 2.05) is 24.3 Å². The first-order valence-corrected chi connectivity index (χ1v) is 13.8. The molecule has 0 aliphatic carbocycles. The van der Waals surface area contributed by atoms with E-state index in [0.29, 0.717) is 56.2 Å². The number of thiophene rings is 1. The number of carbonyl (C=O) groups is 1. The third-order valence-corrected chi connectivity index (χ3v) is 7.87. The summed E-state index contributed by atoms with van der Waals surface area (Å²) in [6.07, 6.45) is 6.79. The van der Waals surface area contributed by atoms with E-state index < -0.39 is 12.0 Å². The maximum Gasteiger partial charge on any atom is 0.169 e. The Morgan fingerprint density at radius 2 is 2.02 bits per heavy atom. The van der Waals surface area contributed by atoms with Crippen LogP contribution >= 0.6 is 11.3 Å². The van der Waals surface area contributed by atoms with Gasteiger partial charge in [0.25, 0.3) is 0 Å².